The summed E-state index contributed by atoms with van der Waals surface area (Å²) in [6, 6.07) is 3.39. The first-order valence-electron chi connectivity index (χ1n) is 6.71. The minimum Gasteiger partial charge on any atom is -0.478 e. The maximum Gasteiger partial charge on any atom is 0.417 e. The van der Waals surface area contributed by atoms with Crippen LogP contribution in [-0.2, 0) is 6.18 Å². The van der Waals surface area contributed by atoms with Crippen LogP contribution in [0.5, 0.6) is 0 Å². The molecule has 118 valence electrons. The van der Waals surface area contributed by atoms with E-state index >= 15 is 0 Å². The number of hydrogen-bond donors (Lipinski definition) is 1. The van der Waals surface area contributed by atoms with Gasteiger partial charge in [0.1, 0.15) is 0 Å². The average molecular weight is 303 g/mol. The molecule has 1 aromatic rings. The second-order valence-electron chi connectivity index (χ2n) is 5.62. The summed E-state index contributed by atoms with van der Waals surface area (Å²) < 4.78 is 38.9. The number of alkyl halides is 3. The van der Waals surface area contributed by atoms with Crippen LogP contribution in [0, 0.1) is 5.92 Å². The van der Waals surface area contributed by atoms with Crippen molar-refractivity contribution in [3.63, 3.8) is 0 Å². The Morgan fingerprint density at radius 1 is 1.29 bits per heavy atom. The van der Waals surface area contributed by atoms with Gasteiger partial charge in [0.05, 0.1) is 11.1 Å². The minimum absolute atomic E-state index is 0.0572. The van der Waals surface area contributed by atoms with Crippen LogP contribution < -0.4 is 4.90 Å². The van der Waals surface area contributed by atoms with Gasteiger partial charge in [-0.25, -0.2) is 4.79 Å². The Hall–Kier alpha value is -1.72. The highest BCUT2D eigenvalue weighted by molar-refractivity contribution is 5.90. The lowest BCUT2D eigenvalue weighted by Crippen LogP contribution is -2.30. The number of nitrogens with zero attached hydrogens (tertiary/aromatic N) is 1. The van der Waals surface area contributed by atoms with Gasteiger partial charge >= 0.3 is 12.1 Å². The van der Waals surface area contributed by atoms with Crippen LogP contribution in [0.4, 0.5) is 18.9 Å². The maximum absolute atomic E-state index is 13.0. The highest BCUT2D eigenvalue weighted by Gasteiger charge is 2.36. The summed E-state index contributed by atoms with van der Waals surface area (Å²) in [5.74, 6) is -1.16. The van der Waals surface area contributed by atoms with Crippen LogP contribution in [0.1, 0.15) is 43.1 Å². The van der Waals surface area contributed by atoms with Crippen LogP contribution in [0.15, 0.2) is 18.2 Å². The van der Waals surface area contributed by atoms with Gasteiger partial charge in [-0.15, -0.1) is 0 Å². The Kier molecular flexibility index (Phi) is 5.25. The predicted octanol–water partition coefficient (Wildman–Crippen LogP) is 4.27. The summed E-state index contributed by atoms with van der Waals surface area (Å²) in [4.78, 5) is 12.7. The number of carbonyl (C=O) groups is 1. The van der Waals surface area contributed by atoms with Gasteiger partial charge in [0.2, 0.25) is 0 Å². The summed E-state index contributed by atoms with van der Waals surface area (Å²) in [5, 5.41) is 8.87. The molecule has 21 heavy (non-hydrogen) atoms. The molecule has 1 unspecified atom stereocenters. The highest BCUT2D eigenvalue weighted by atomic mass is 19.4. The van der Waals surface area contributed by atoms with Crippen LogP contribution in [-0.4, -0.2) is 24.2 Å². The number of halogens is 3. The Labute approximate surface area is 122 Å². The summed E-state index contributed by atoms with van der Waals surface area (Å²) in [6.45, 7) is 6.01. The molecule has 0 heterocycles. The van der Waals surface area contributed by atoms with E-state index in [4.69, 9.17) is 5.11 Å². The van der Waals surface area contributed by atoms with Crippen molar-refractivity contribution < 1.29 is 23.1 Å². The number of hydrogen-bond acceptors (Lipinski definition) is 2. The van der Waals surface area contributed by atoms with Crippen LogP contribution >= 0.6 is 0 Å². The summed E-state index contributed by atoms with van der Waals surface area (Å²) in [7, 11) is 1.71. The lowest BCUT2D eigenvalue weighted by molar-refractivity contribution is -0.138. The third-order valence-electron chi connectivity index (χ3n) is 3.42. The number of benzene rings is 1. The summed E-state index contributed by atoms with van der Waals surface area (Å²) in [5.41, 5.74) is -1.48. The van der Waals surface area contributed by atoms with Crippen molar-refractivity contribution in [1.82, 2.24) is 0 Å². The fourth-order valence-electron chi connectivity index (χ4n) is 2.27. The molecule has 1 atom stereocenters. The van der Waals surface area contributed by atoms with Crippen molar-refractivity contribution in [1.29, 1.82) is 0 Å². The van der Waals surface area contributed by atoms with Gasteiger partial charge in [-0.05, 0) is 37.5 Å². The second-order valence-corrected chi connectivity index (χ2v) is 5.62. The molecule has 3 nitrogen and oxygen atoms in total. The Balaban J connectivity index is 3.19. The molecule has 0 bridgehead atoms. The zero-order valence-corrected chi connectivity index (χ0v) is 12.5. The lowest BCUT2D eigenvalue weighted by Gasteiger charge is -2.29. The molecule has 0 spiro atoms. The molecule has 0 aliphatic heterocycles. The third kappa shape index (κ3) is 4.37. The Morgan fingerprint density at radius 2 is 1.86 bits per heavy atom. The topological polar surface area (TPSA) is 40.5 Å². The fourth-order valence-corrected chi connectivity index (χ4v) is 2.27. The molecule has 0 amide bonds. The minimum atomic E-state index is -4.69. The Morgan fingerprint density at radius 3 is 2.29 bits per heavy atom. The molecule has 0 aromatic heterocycles. The van der Waals surface area contributed by atoms with E-state index in [0.717, 1.165) is 18.6 Å². The lowest BCUT2D eigenvalue weighted by atomic mass is 10.0. The number of aromatic carboxylic acids is 1. The maximum atomic E-state index is 13.0. The number of anilines is 1. The molecular formula is C15H20F3NO2. The van der Waals surface area contributed by atoms with Gasteiger partial charge in [0.25, 0.3) is 0 Å². The van der Waals surface area contributed by atoms with Crippen LogP contribution in [0.2, 0.25) is 0 Å². The van der Waals surface area contributed by atoms with Crippen LogP contribution in [0.25, 0.3) is 0 Å². The number of rotatable bonds is 5. The van der Waals surface area contributed by atoms with Crippen molar-refractivity contribution in [2.45, 2.75) is 39.4 Å². The molecule has 0 saturated heterocycles. The van der Waals surface area contributed by atoms with E-state index in [-0.39, 0.29) is 6.04 Å². The SMILES string of the molecule is CC(C)CC(C)N(C)c1ccc(C(=O)O)c(C(F)(F)F)c1. The molecule has 0 fully saturated rings. The van der Waals surface area contributed by atoms with E-state index in [9.17, 15) is 18.0 Å². The van der Waals surface area contributed by atoms with Crippen molar-refractivity contribution in [2.24, 2.45) is 5.92 Å². The van der Waals surface area contributed by atoms with E-state index in [2.05, 4.69) is 0 Å². The summed E-state index contributed by atoms with van der Waals surface area (Å²) >= 11 is 0. The smallest absolute Gasteiger partial charge is 0.417 e. The quantitative estimate of drug-likeness (QED) is 0.883. The second kappa shape index (κ2) is 6.37. The van der Waals surface area contributed by atoms with Gasteiger partial charge in [0, 0.05) is 18.8 Å². The monoisotopic (exact) mass is 303 g/mol. The highest BCUT2D eigenvalue weighted by Crippen LogP contribution is 2.35. The predicted molar refractivity (Wildman–Crippen MR) is 75.7 cm³/mol. The molecule has 0 radical (unpaired) electrons. The van der Waals surface area contributed by atoms with Gasteiger partial charge in [-0.3, -0.25) is 0 Å². The largest absolute Gasteiger partial charge is 0.478 e. The summed E-state index contributed by atoms with van der Waals surface area (Å²) in [6.07, 6.45) is -3.86. The van der Waals surface area contributed by atoms with Gasteiger partial charge < -0.3 is 10.0 Å². The number of carboxylic acids is 1. The molecule has 1 aromatic carbocycles. The zero-order chi connectivity index (χ0) is 16.4. The van der Waals surface area contributed by atoms with Gasteiger partial charge in [0.15, 0.2) is 0 Å². The van der Waals surface area contributed by atoms with Gasteiger partial charge in [-0.1, -0.05) is 13.8 Å². The van der Waals surface area contributed by atoms with E-state index < -0.39 is 23.3 Å². The molecular weight excluding hydrogens is 283 g/mol. The molecule has 6 heteroatoms. The molecule has 0 saturated carbocycles. The first kappa shape index (κ1) is 17.3. The number of carboxylic acid groups (broad SMARTS) is 1. The molecule has 0 aliphatic rings. The Bertz CT molecular complexity index is 512. The molecule has 0 aliphatic carbocycles. The molecule has 1 rings (SSSR count). The van der Waals surface area contributed by atoms with E-state index in [0.29, 0.717) is 11.6 Å². The standard InChI is InChI=1S/C15H20F3NO2/c1-9(2)7-10(3)19(4)11-5-6-12(14(20)21)13(8-11)15(16,17)18/h5-6,8-10H,7H2,1-4H3,(H,20,21). The van der Waals surface area contributed by atoms with E-state index in [1.54, 1.807) is 11.9 Å². The average Bonchev–Trinajstić information content (AvgIpc) is 2.35. The van der Waals surface area contributed by atoms with Crippen molar-refractivity contribution >= 4 is 11.7 Å². The molecule has 1 N–H and O–H groups in total. The zero-order valence-electron chi connectivity index (χ0n) is 12.5. The van der Waals surface area contributed by atoms with Crippen LogP contribution in [0.3, 0.4) is 0 Å². The fraction of sp³-hybridized carbons (Fsp3) is 0.533. The van der Waals surface area contributed by atoms with Crippen molar-refractivity contribution in [3.05, 3.63) is 29.3 Å². The van der Waals surface area contributed by atoms with E-state index in [1.165, 1.54) is 6.07 Å². The van der Waals surface area contributed by atoms with E-state index in [1.807, 2.05) is 20.8 Å². The third-order valence-corrected chi connectivity index (χ3v) is 3.42. The van der Waals surface area contributed by atoms with Gasteiger partial charge in [-0.2, -0.15) is 13.2 Å². The van der Waals surface area contributed by atoms with Crippen molar-refractivity contribution in [3.8, 4) is 0 Å². The normalized spacial score (nSPS) is 13.3. The van der Waals surface area contributed by atoms with Crippen molar-refractivity contribution in [2.75, 3.05) is 11.9 Å². The first-order chi connectivity index (χ1) is 9.54. The first-order valence-corrected chi connectivity index (χ1v) is 6.71.